The van der Waals surface area contributed by atoms with Gasteiger partial charge in [0.15, 0.2) is 0 Å². The highest BCUT2D eigenvalue weighted by Crippen LogP contribution is 2.20. The Morgan fingerprint density at radius 2 is 0.605 bits per heavy atom. The predicted molar refractivity (Wildman–Crippen MR) is 176 cm³/mol. The monoisotopic (exact) mass is 534 g/mol. The first-order valence-electron chi connectivity index (χ1n) is 18.0. The van der Waals surface area contributed by atoms with Gasteiger partial charge in [-0.3, -0.25) is 0 Å². The Kier molecular flexibility index (Phi) is 32.6. The summed E-state index contributed by atoms with van der Waals surface area (Å²) < 4.78 is 0. The van der Waals surface area contributed by atoms with Gasteiger partial charge < -0.3 is 4.90 Å². The van der Waals surface area contributed by atoms with Crippen molar-refractivity contribution in [2.45, 2.75) is 206 Å². The Hall–Kier alpha value is -0.300. The van der Waals surface area contributed by atoms with Crippen LogP contribution in [0.5, 0.6) is 0 Å². The largest absolute Gasteiger partial charge is 0.306 e. The zero-order valence-corrected chi connectivity index (χ0v) is 27.4. The summed E-state index contributed by atoms with van der Waals surface area (Å²) in [5, 5.41) is 0. The Morgan fingerprint density at radius 1 is 0.368 bits per heavy atom. The van der Waals surface area contributed by atoms with Gasteiger partial charge in [0.1, 0.15) is 0 Å². The third-order valence-corrected chi connectivity index (χ3v) is 8.45. The maximum Gasteiger partial charge on any atom is 0.0159 e. The fourth-order valence-corrected chi connectivity index (χ4v) is 5.73. The van der Waals surface area contributed by atoms with E-state index in [1.807, 2.05) is 0 Å². The molecule has 1 heteroatoms. The average molecular weight is 534 g/mol. The second-order valence-electron chi connectivity index (χ2n) is 12.8. The van der Waals surface area contributed by atoms with E-state index in [1.54, 1.807) is 5.57 Å². The second-order valence-corrected chi connectivity index (χ2v) is 12.8. The van der Waals surface area contributed by atoms with Gasteiger partial charge in [0, 0.05) is 6.54 Å². The summed E-state index contributed by atoms with van der Waals surface area (Å²) in [7, 11) is 4.40. The predicted octanol–water partition coefficient (Wildman–Crippen LogP) is 13.2. The normalized spacial score (nSPS) is 11.5. The summed E-state index contributed by atoms with van der Waals surface area (Å²) in [4.78, 5) is 2.32. The number of nitrogens with zero attached hydrogens (tertiary/aromatic N) is 1. The summed E-state index contributed by atoms with van der Waals surface area (Å²) in [6, 6.07) is 0. The van der Waals surface area contributed by atoms with Crippen LogP contribution in [0, 0.1) is 0 Å². The molecular weight excluding hydrogens is 458 g/mol. The van der Waals surface area contributed by atoms with E-state index in [1.165, 1.54) is 193 Å². The van der Waals surface area contributed by atoms with Gasteiger partial charge in [-0.25, -0.2) is 0 Å². The number of rotatable bonds is 32. The highest BCUT2D eigenvalue weighted by molar-refractivity contribution is 5.03. The lowest BCUT2D eigenvalue weighted by molar-refractivity contribution is 0.453. The molecule has 0 radical (unpaired) electrons. The molecule has 228 valence electrons. The number of hydrogen-bond donors (Lipinski definition) is 0. The second kappa shape index (κ2) is 32.9. The molecule has 0 aliphatic carbocycles. The number of hydrogen-bond acceptors (Lipinski definition) is 1. The Morgan fingerprint density at radius 3 is 0.842 bits per heavy atom. The van der Waals surface area contributed by atoms with Crippen LogP contribution in [0.2, 0.25) is 0 Å². The van der Waals surface area contributed by atoms with Crippen LogP contribution in [0.25, 0.3) is 0 Å². The molecule has 1 nitrogen and oxygen atoms in total. The molecule has 0 rings (SSSR count). The summed E-state index contributed by atoms with van der Waals surface area (Å²) in [6.45, 7) is 5.73. The number of allylic oxidation sites excluding steroid dienone is 1. The molecule has 0 amide bonds. The molecule has 0 unspecified atom stereocenters. The topological polar surface area (TPSA) is 3.24 Å². The summed E-state index contributed by atoms with van der Waals surface area (Å²) in [6.07, 6.45) is 46.0. The zero-order valence-electron chi connectivity index (χ0n) is 27.4. The first kappa shape index (κ1) is 37.7. The van der Waals surface area contributed by atoms with E-state index in [9.17, 15) is 0 Å². The fourth-order valence-electron chi connectivity index (χ4n) is 5.73. The molecule has 0 aromatic carbocycles. The minimum atomic E-state index is 1.12. The van der Waals surface area contributed by atoms with Crippen LogP contribution >= 0.6 is 0 Å². The quantitative estimate of drug-likeness (QED) is 0.0613. The van der Waals surface area contributed by atoms with Crippen molar-refractivity contribution >= 4 is 0 Å². The molecule has 0 heterocycles. The zero-order chi connectivity index (χ0) is 27.8. The van der Waals surface area contributed by atoms with Gasteiger partial charge in [0.05, 0.1) is 0 Å². The smallest absolute Gasteiger partial charge is 0.0159 e. The maximum atomic E-state index is 2.55. The maximum absolute atomic E-state index is 2.55. The van der Waals surface area contributed by atoms with Crippen LogP contribution in [0.3, 0.4) is 0 Å². The van der Waals surface area contributed by atoms with E-state index in [0.717, 1.165) is 6.54 Å². The van der Waals surface area contributed by atoms with Gasteiger partial charge in [0.2, 0.25) is 0 Å². The molecule has 38 heavy (non-hydrogen) atoms. The van der Waals surface area contributed by atoms with Gasteiger partial charge >= 0.3 is 0 Å². The minimum Gasteiger partial charge on any atom is -0.306 e. The Balaban J connectivity index is 3.61. The van der Waals surface area contributed by atoms with Crippen LogP contribution in [-0.2, 0) is 0 Å². The molecule has 0 N–H and O–H groups in total. The molecule has 0 aliphatic rings. The third-order valence-electron chi connectivity index (χ3n) is 8.45. The van der Waals surface area contributed by atoms with Crippen molar-refractivity contribution in [2.75, 3.05) is 20.6 Å². The van der Waals surface area contributed by atoms with E-state index >= 15 is 0 Å². The van der Waals surface area contributed by atoms with Crippen LogP contribution < -0.4 is 0 Å². The molecule has 0 saturated carbocycles. The molecule has 0 aliphatic heterocycles. The summed E-state index contributed by atoms with van der Waals surface area (Å²) in [5.41, 5.74) is 1.75. The number of unbranched alkanes of at least 4 members (excludes halogenated alkanes) is 26. The van der Waals surface area contributed by atoms with Crippen molar-refractivity contribution in [1.29, 1.82) is 0 Å². The molecule has 0 spiro atoms. The highest BCUT2D eigenvalue weighted by atomic mass is 15.0. The van der Waals surface area contributed by atoms with E-state index in [0.29, 0.717) is 0 Å². The lowest BCUT2D eigenvalue weighted by Gasteiger charge is -2.11. The van der Waals surface area contributed by atoms with Gasteiger partial charge in [-0.2, -0.15) is 0 Å². The van der Waals surface area contributed by atoms with E-state index in [2.05, 4.69) is 38.9 Å². The molecule has 0 fully saturated rings. The molecular formula is C37H75N. The van der Waals surface area contributed by atoms with Crippen molar-refractivity contribution in [3.8, 4) is 0 Å². The molecule has 0 atom stereocenters. The fraction of sp³-hybridized carbons (Fsp3) is 0.946. The molecule has 0 aromatic rings. The lowest BCUT2D eigenvalue weighted by Crippen LogP contribution is -2.11. The van der Waals surface area contributed by atoms with E-state index in [4.69, 9.17) is 0 Å². The molecule has 0 saturated heterocycles. The average Bonchev–Trinajstić information content (AvgIpc) is 2.91. The Bertz CT molecular complexity index is 418. The van der Waals surface area contributed by atoms with Crippen molar-refractivity contribution in [1.82, 2.24) is 4.90 Å². The van der Waals surface area contributed by atoms with Crippen LogP contribution in [0.15, 0.2) is 11.6 Å². The SMILES string of the molecule is CCCCCCCCCCCCCCCCC(=CCN(C)C)CCCCCCCCCCCCCCCC. The first-order valence-corrected chi connectivity index (χ1v) is 18.0. The summed E-state index contributed by atoms with van der Waals surface area (Å²) >= 11 is 0. The van der Waals surface area contributed by atoms with Gasteiger partial charge in [-0.15, -0.1) is 0 Å². The van der Waals surface area contributed by atoms with Gasteiger partial charge in [0.25, 0.3) is 0 Å². The molecule has 0 aromatic heterocycles. The van der Waals surface area contributed by atoms with Crippen LogP contribution in [0.4, 0.5) is 0 Å². The lowest BCUT2D eigenvalue weighted by atomic mass is 9.98. The third kappa shape index (κ3) is 31.9. The van der Waals surface area contributed by atoms with Crippen LogP contribution in [-0.4, -0.2) is 25.5 Å². The molecule has 0 bridgehead atoms. The van der Waals surface area contributed by atoms with Crippen molar-refractivity contribution in [2.24, 2.45) is 0 Å². The van der Waals surface area contributed by atoms with E-state index < -0.39 is 0 Å². The van der Waals surface area contributed by atoms with Crippen molar-refractivity contribution in [3.05, 3.63) is 11.6 Å². The first-order chi connectivity index (χ1) is 18.7. The van der Waals surface area contributed by atoms with Crippen molar-refractivity contribution < 1.29 is 0 Å². The minimum absolute atomic E-state index is 1.12. The highest BCUT2D eigenvalue weighted by Gasteiger charge is 2.01. The Labute approximate surface area is 243 Å². The van der Waals surface area contributed by atoms with Crippen LogP contribution in [0.1, 0.15) is 206 Å². The van der Waals surface area contributed by atoms with Crippen molar-refractivity contribution in [3.63, 3.8) is 0 Å². The van der Waals surface area contributed by atoms with E-state index in [-0.39, 0.29) is 0 Å². The van der Waals surface area contributed by atoms with Gasteiger partial charge in [-0.1, -0.05) is 192 Å². The number of likely N-dealkylation sites (N-methyl/N-ethyl adjacent to an activating group) is 1. The standard InChI is InChI=1S/C37H75N/c1-5-7-9-11-13-15-17-19-21-23-25-27-29-31-33-37(35-36-38(3)4)34-32-30-28-26-24-22-20-18-16-14-12-10-8-6-2/h35H,5-34,36H2,1-4H3. The summed E-state index contributed by atoms with van der Waals surface area (Å²) in [5.74, 6) is 0. The van der Waals surface area contributed by atoms with Gasteiger partial charge in [-0.05, 0) is 39.8 Å².